The molecule has 1 aromatic carbocycles. The molecule has 0 radical (unpaired) electrons. The van der Waals surface area contributed by atoms with Crippen molar-refractivity contribution in [3.63, 3.8) is 0 Å². The standard InChI is InChI=1S/C10H11F2NO2/c1-3-6-8(13)4-7(11)10(9(6)12)15-5(2)14/h4H,3,13H2,1-2H3. The van der Waals surface area contributed by atoms with Crippen molar-refractivity contribution in [2.24, 2.45) is 0 Å². The van der Waals surface area contributed by atoms with Gasteiger partial charge in [-0.3, -0.25) is 4.79 Å². The average molecular weight is 215 g/mol. The van der Waals surface area contributed by atoms with E-state index >= 15 is 0 Å². The van der Waals surface area contributed by atoms with Crippen LogP contribution in [0.25, 0.3) is 0 Å². The van der Waals surface area contributed by atoms with Gasteiger partial charge in [-0.2, -0.15) is 0 Å². The van der Waals surface area contributed by atoms with Crippen LogP contribution in [0.3, 0.4) is 0 Å². The number of benzene rings is 1. The zero-order chi connectivity index (χ0) is 11.6. The highest BCUT2D eigenvalue weighted by Gasteiger charge is 2.18. The van der Waals surface area contributed by atoms with Gasteiger partial charge in [-0.25, -0.2) is 8.78 Å². The van der Waals surface area contributed by atoms with Gasteiger partial charge in [-0.1, -0.05) is 6.92 Å². The molecule has 0 fully saturated rings. The van der Waals surface area contributed by atoms with Crippen LogP contribution in [0.1, 0.15) is 19.4 Å². The second-order valence-electron chi connectivity index (χ2n) is 3.02. The molecule has 5 heteroatoms. The van der Waals surface area contributed by atoms with Gasteiger partial charge in [0.15, 0.2) is 11.6 Å². The van der Waals surface area contributed by atoms with Gasteiger partial charge >= 0.3 is 5.97 Å². The van der Waals surface area contributed by atoms with E-state index in [1.54, 1.807) is 6.92 Å². The Balaban J connectivity index is 3.32. The van der Waals surface area contributed by atoms with Crippen molar-refractivity contribution in [1.29, 1.82) is 0 Å². The molecule has 0 aromatic heterocycles. The number of esters is 1. The van der Waals surface area contributed by atoms with Crippen LogP contribution in [0, 0.1) is 11.6 Å². The maximum Gasteiger partial charge on any atom is 0.308 e. The minimum atomic E-state index is -0.975. The summed E-state index contributed by atoms with van der Waals surface area (Å²) in [6.45, 7) is 2.74. The van der Waals surface area contributed by atoms with E-state index in [0.29, 0.717) is 6.42 Å². The monoisotopic (exact) mass is 215 g/mol. The summed E-state index contributed by atoms with van der Waals surface area (Å²) < 4.78 is 31.2. The molecule has 0 heterocycles. The summed E-state index contributed by atoms with van der Waals surface area (Å²) in [6.07, 6.45) is 0.298. The van der Waals surface area contributed by atoms with Crippen molar-refractivity contribution in [3.8, 4) is 5.75 Å². The predicted molar refractivity (Wildman–Crippen MR) is 51.5 cm³/mol. The van der Waals surface area contributed by atoms with E-state index in [0.717, 1.165) is 13.0 Å². The van der Waals surface area contributed by atoms with E-state index in [-0.39, 0.29) is 11.3 Å². The smallest absolute Gasteiger partial charge is 0.308 e. The maximum atomic E-state index is 13.6. The Morgan fingerprint density at radius 2 is 2.13 bits per heavy atom. The zero-order valence-corrected chi connectivity index (χ0v) is 8.43. The first-order valence-electron chi connectivity index (χ1n) is 4.42. The molecule has 15 heavy (non-hydrogen) atoms. The second kappa shape index (κ2) is 4.25. The summed E-state index contributed by atoms with van der Waals surface area (Å²) in [6, 6.07) is 0.945. The van der Waals surface area contributed by atoms with Crippen LogP contribution >= 0.6 is 0 Å². The SMILES string of the molecule is CCc1c(N)cc(F)c(OC(C)=O)c1F. The number of hydrogen-bond donors (Lipinski definition) is 1. The Kier molecular flexibility index (Phi) is 3.24. The highest BCUT2D eigenvalue weighted by molar-refractivity contribution is 5.70. The Hall–Kier alpha value is -1.65. The molecular formula is C10H11F2NO2. The van der Waals surface area contributed by atoms with Gasteiger partial charge in [0.05, 0.1) is 0 Å². The molecule has 0 atom stereocenters. The molecule has 1 rings (SSSR count). The van der Waals surface area contributed by atoms with Gasteiger partial charge in [0.1, 0.15) is 0 Å². The van der Waals surface area contributed by atoms with Gasteiger partial charge in [-0.15, -0.1) is 0 Å². The fraction of sp³-hybridized carbons (Fsp3) is 0.300. The summed E-state index contributed by atoms with van der Waals surface area (Å²) in [5.41, 5.74) is 5.57. The number of nitrogen functional groups attached to an aromatic ring is 1. The summed E-state index contributed by atoms with van der Waals surface area (Å²) in [5, 5.41) is 0. The molecule has 0 saturated carbocycles. The first kappa shape index (κ1) is 11.4. The van der Waals surface area contributed by atoms with Crippen LogP contribution < -0.4 is 10.5 Å². The Bertz CT molecular complexity index is 405. The summed E-state index contributed by atoms with van der Waals surface area (Å²) in [5.74, 6) is -3.35. The predicted octanol–water partition coefficient (Wildman–Crippen LogP) is 2.03. The molecule has 82 valence electrons. The fourth-order valence-corrected chi connectivity index (χ4v) is 1.25. The van der Waals surface area contributed by atoms with Crippen molar-refractivity contribution in [3.05, 3.63) is 23.3 Å². The van der Waals surface area contributed by atoms with E-state index in [1.807, 2.05) is 0 Å². The highest BCUT2D eigenvalue weighted by atomic mass is 19.1. The van der Waals surface area contributed by atoms with Gasteiger partial charge in [-0.05, 0) is 6.42 Å². The lowest BCUT2D eigenvalue weighted by molar-refractivity contribution is -0.132. The lowest BCUT2D eigenvalue weighted by Gasteiger charge is -2.10. The Morgan fingerprint density at radius 1 is 1.53 bits per heavy atom. The second-order valence-corrected chi connectivity index (χ2v) is 3.02. The van der Waals surface area contributed by atoms with Gasteiger partial charge in [0, 0.05) is 24.2 Å². The van der Waals surface area contributed by atoms with Crippen LogP contribution in [0.4, 0.5) is 14.5 Å². The summed E-state index contributed by atoms with van der Waals surface area (Å²) in [7, 11) is 0. The minimum absolute atomic E-state index is 0.0170. The number of anilines is 1. The van der Waals surface area contributed by atoms with Gasteiger partial charge in [0.2, 0.25) is 5.75 Å². The lowest BCUT2D eigenvalue weighted by atomic mass is 10.1. The molecular weight excluding hydrogens is 204 g/mol. The van der Waals surface area contributed by atoms with Crippen molar-refractivity contribution in [2.75, 3.05) is 5.73 Å². The average Bonchev–Trinajstić information content (AvgIpc) is 2.12. The molecule has 0 bridgehead atoms. The van der Waals surface area contributed by atoms with Crippen LogP contribution in [0.2, 0.25) is 0 Å². The number of rotatable bonds is 2. The Morgan fingerprint density at radius 3 is 2.60 bits per heavy atom. The molecule has 0 aliphatic heterocycles. The molecule has 0 aliphatic rings. The highest BCUT2D eigenvalue weighted by Crippen LogP contribution is 2.29. The molecule has 0 aliphatic carbocycles. The van der Waals surface area contributed by atoms with Gasteiger partial charge in [0.25, 0.3) is 0 Å². The van der Waals surface area contributed by atoms with Crippen molar-refractivity contribution >= 4 is 11.7 Å². The fourth-order valence-electron chi connectivity index (χ4n) is 1.25. The molecule has 2 N–H and O–H groups in total. The maximum absolute atomic E-state index is 13.6. The third-order valence-electron chi connectivity index (χ3n) is 1.91. The first-order chi connectivity index (χ1) is 6.97. The molecule has 1 aromatic rings. The largest absolute Gasteiger partial charge is 0.420 e. The number of nitrogens with two attached hydrogens (primary N) is 1. The normalized spacial score (nSPS) is 10.1. The van der Waals surface area contributed by atoms with Crippen LogP contribution in [0.15, 0.2) is 6.07 Å². The molecule has 0 amide bonds. The van der Waals surface area contributed by atoms with Crippen LogP contribution in [-0.2, 0) is 11.2 Å². The topological polar surface area (TPSA) is 52.3 Å². The number of carbonyl (C=O) groups excluding carboxylic acids is 1. The molecule has 3 nitrogen and oxygen atoms in total. The van der Waals surface area contributed by atoms with Crippen LogP contribution in [0.5, 0.6) is 5.75 Å². The Labute approximate surface area is 85.8 Å². The lowest BCUT2D eigenvalue weighted by Crippen LogP contribution is -2.08. The third-order valence-corrected chi connectivity index (χ3v) is 1.91. The molecule has 0 saturated heterocycles. The van der Waals surface area contributed by atoms with Crippen molar-refractivity contribution in [1.82, 2.24) is 0 Å². The van der Waals surface area contributed by atoms with Crippen molar-refractivity contribution in [2.45, 2.75) is 20.3 Å². The summed E-state index contributed by atoms with van der Waals surface area (Å²) >= 11 is 0. The summed E-state index contributed by atoms with van der Waals surface area (Å²) in [4.78, 5) is 10.6. The molecule has 0 spiro atoms. The van der Waals surface area contributed by atoms with E-state index in [2.05, 4.69) is 4.74 Å². The van der Waals surface area contributed by atoms with E-state index in [9.17, 15) is 13.6 Å². The number of halogens is 2. The zero-order valence-electron chi connectivity index (χ0n) is 8.43. The van der Waals surface area contributed by atoms with Crippen molar-refractivity contribution < 1.29 is 18.3 Å². The van der Waals surface area contributed by atoms with E-state index in [1.165, 1.54) is 0 Å². The quantitative estimate of drug-likeness (QED) is 0.466. The van der Waals surface area contributed by atoms with E-state index in [4.69, 9.17) is 5.73 Å². The number of carbonyl (C=O) groups is 1. The third kappa shape index (κ3) is 2.23. The van der Waals surface area contributed by atoms with E-state index < -0.39 is 23.4 Å². The van der Waals surface area contributed by atoms with Gasteiger partial charge < -0.3 is 10.5 Å². The number of hydrogen-bond acceptors (Lipinski definition) is 3. The first-order valence-corrected chi connectivity index (χ1v) is 4.42. The molecule has 0 unspecified atom stereocenters. The van der Waals surface area contributed by atoms with Crippen LogP contribution in [-0.4, -0.2) is 5.97 Å². The minimum Gasteiger partial charge on any atom is -0.420 e. The number of ether oxygens (including phenoxy) is 1.